The lowest BCUT2D eigenvalue weighted by molar-refractivity contribution is -0.901. The molecule has 2 atom stereocenters. The second-order valence-corrected chi connectivity index (χ2v) is 7.36. The summed E-state index contributed by atoms with van der Waals surface area (Å²) in [5.41, 5.74) is 1.17. The van der Waals surface area contributed by atoms with Crippen molar-refractivity contribution in [1.29, 1.82) is 0 Å². The Morgan fingerprint density at radius 1 is 1.23 bits per heavy atom. The summed E-state index contributed by atoms with van der Waals surface area (Å²) in [5, 5.41) is 0. The molecule has 0 fully saturated rings. The zero-order valence-corrected chi connectivity index (χ0v) is 18.2. The van der Waals surface area contributed by atoms with Gasteiger partial charge in [-0.1, -0.05) is 36.9 Å². The Morgan fingerprint density at radius 3 is 2.57 bits per heavy atom. The second-order valence-electron chi connectivity index (χ2n) is 7.36. The van der Waals surface area contributed by atoms with Gasteiger partial charge < -0.3 is 19.0 Å². The van der Waals surface area contributed by atoms with E-state index in [1.54, 1.807) is 24.8 Å². The fourth-order valence-electron chi connectivity index (χ4n) is 3.29. The van der Waals surface area contributed by atoms with Crippen molar-refractivity contribution >= 4 is 11.9 Å². The van der Waals surface area contributed by atoms with E-state index >= 15 is 0 Å². The fraction of sp³-hybridized carbons (Fsp3) is 0.417. The molecule has 1 heterocycles. The molecular weight excluding hydrogens is 380 g/mol. The zero-order chi connectivity index (χ0) is 21.9. The maximum absolute atomic E-state index is 13.2. The van der Waals surface area contributed by atoms with Crippen LogP contribution in [0.25, 0.3) is 0 Å². The van der Waals surface area contributed by atoms with Crippen LogP contribution in [0.2, 0.25) is 0 Å². The number of quaternary nitrogens is 1. The Hall–Kier alpha value is -2.86. The molecule has 1 N–H and O–H groups in total. The monoisotopic (exact) mass is 413 g/mol. The molecule has 1 unspecified atom stereocenters. The number of benzene rings is 1. The number of nitrogens with zero attached hydrogens (tertiary/aromatic N) is 1. The summed E-state index contributed by atoms with van der Waals surface area (Å²) in [4.78, 5) is 28.0. The van der Waals surface area contributed by atoms with Crippen molar-refractivity contribution in [2.75, 3.05) is 26.2 Å². The number of amides is 1. The van der Waals surface area contributed by atoms with Crippen LogP contribution in [0.1, 0.15) is 30.9 Å². The van der Waals surface area contributed by atoms with Crippen molar-refractivity contribution in [3.05, 3.63) is 72.2 Å². The molecule has 30 heavy (non-hydrogen) atoms. The summed E-state index contributed by atoms with van der Waals surface area (Å²) >= 11 is 0. The summed E-state index contributed by atoms with van der Waals surface area (Å²) in [7, 11) is 0. The van der Waals surface area contributed by atoms with Crippen molar-refractivity contribution in [1.82, 2.24) is 4.90 Å². The Kier molecular flexibility index (Phi) is 9.35. The molecule has 0 aliphatic rings. The van der Waals surface area contributed by atoms with Crippen LogP contribution in [0.3, 0.4) is 0 Å². The highest BCUT2D eigenvalue weighted by Gasteiger charge is 2.29. The van der Waals surface area contributed by atoms with Gasteiger partial charge in [-0.3, -0.25) is 4.79 Å². The minimum Gasteiger partial charge on any atom is -0.464 e. The number of esters is 1. The zero-order valence-electron chi connectivity index (χ0n) is 18.2. The van der Waals surface area contributed by atoms with Crippen molar-refractivity contribution in [2.45, 2.75) is 39.8 Å². The van der Waals surface area contributed by atoms with E-state index in [0.29, 0.717) is 26.2 Å². The van der Waals surface area contributed by atoms with E-state index in [0.717, 1.165) is 22.8 Å². The van der Waals surface area contributed by atoms with Crippen LogP contribution >= 0.6 is 0 Å². The number of hydrogen-bond acceptors (Lipinski definition) is 4. The molecule has 0 spiro atoms. The second kappa shape index (κ2) is 12.0. The molecule has 0 saturated carbocycles. The molecule has 6 heteroatoms. The van der Waals surface area contributed by atoms with Crippen molar-refractivity contribution < 1.29 is 23.6 Å². The highest BCUT2D eigenvalue weighted by molar-refractivity contribution is 5.78. The Labute approximate surface area is 179 Å². The maximum atomic E-state index is 13.2. The average molecular weight is 414 g/mol. The molecule has 0 aliphatic heterocycles. The maximum Gasteiger partial charge on any atom is 0.364 e. The molecule has 0 aliphatic carbocycles. The SMILES string of the molecule is C=CC[NH+](CC(=O)N(CCc1ccccc1)Cc1ccc(C)o1)[C@@H](C)C(=O)OCC. The van der Waals surface area contributed by atoms with Gasteiger partial charge in [-0.05, 0) is 51.0 Å². The highest BCUT2D eigenvalue weighted by atomic mass is 16.5. The van der Waals surface area contributed by atoms with Gasteiger partial charge >= 0.3 is 5.97 Å². The predicted octanol–water partition coefficient (Wildman–Crippen LogP) is 2.18. The van der Waals surface area contributed by atoms with E-state index in [4.69, 9.17) is 9.15 Å². The van der Waals surface area contributed by atoms with Crippen molar-refractivity contribution in [3.8, 4) is 0 Å². The average Bonchev–Trinajstić information content (AvgIpc) is 3.15. The Balaban J connectivity index is 2.11. The lowest BCUT2D eigenvalue weighted by Crippen LogP contribution is -3.17. The molecular formula is C24H33N2O4+. The fourth-order valence-corrected chi connectivity index (χ4v) is 3.29. The number of ether oxygens (including phenoxy) is 1. The highest BCUT2D eigenvalue weighted by Crippen LogP contribution is 2.11. The number of hydrogen-bond donors (Lipinski definition) is 1. The number of rotatable bonds is 12. The molecule has 2 rings (SSSR count). The van der Waals surface area contributed by atoms with E-state index in [1.165, 1.54) is 5.56 Å². The smallest absolute Gasteiger partial charge is 0.364 e. The lowest BCUT2D eigenvalue weighted by atomic mass is 10.1. The van der Waals surface area contributed by atoms with Gasteiger partial charge in [0.15, 0.2) is 12.6 Å². The van der Waals surface area contributed by atoms with Gasteiger partial charge in [-0.2, -0.15) is 0 Å². The van der Waals surface area contributed by atoms with Gasteiger partial charge in [0.2, 0.25) is 0 Å². The van der Waals surface area contributed by atoms with Crippen LogP contribution in [-0.2, 0) is 27.3 Å². The quantitative estimate of drug-likeness (QED) is 0.428. The third-order valence-electron chi connectivity index (χ3n) is 5.05. The number of carbonyl (C=O) groups is 2. The third-order valence-corrected chi connectivity index (χ3v) is 5.05. The number of nitrogens with one attached hydrogen (secondary N) is 1. The minimum atomic E-state index is -0.450. The first-order valence-electron chi connectivity index (χ1n) is 10.4. The first kappa shape index (κ1) is 23.4. The van der Waals surface area contributed by atoms with Gasteiger partial charge in [-0.25, -0.2) is 4.79 Å². The normalized spacial score (nSPS) is 12.8. The molecule has 1 amide bonds. The number of carbonyl (C=O) groups excluding carboxylic acids is 2. The van der Waals surface area contributed by atoms with E-state index < -0.39 is 6.04 Å². The molecule has 2 aromatic rings. The van der Waals surface area contributed by atoms with Gasteiger partial charge in [0.25, 0.3) is 5.91 Å². The van der Waals surface area contributed by atoms with Crippen LogP contribution in [0.15, 0.2) is 59.5 Å². The topological polar surface area (TPSA) is 64.2 Å². The summed E-state index contributed by atoms with van der Waals surface area (Å²) in [6.45, 7) is 11.2. The van der Waals surface area contributed by atoms with Gasteiger partial charge in [0, 0.05) is 6.54 Å². The van der Waals surface area contributed by atoms with Crippen LogP contribution in [-0.4, -0.2) is 49.1 Å². The van der Waals surface area contributed by atoms with Crippen LogP contribution in [0.4, 0.5) is 0 Å². The minimum absolute atomic E-state index is 0.0343. The molecule has 0 saturated heterocycles. The van der Waals surface area contributed by atoms with Crippen molar-refractivity contribution in [2.24, 2.45) is 0 Å². The van der Waals surface area contributed by atoms with Gasteiger partial charge in [0.05, 0.1) is 19.7 Å². The summed E-state index contributed by atoms with van der Waals surface area (Å²) in [5.74, 6) is 1.22. The van der Waals surface area contributed by atoms with E-state index in [-0.39, 0.29) is 18.4 Å². The standard InChI is InChI=1S/C24H32N2O4/c1-5-15-25(20(4)24(28)29-6-2)18-23(27)26(17-22-13-12-19(3)30-22)16-14-21-10-8-7-9-11-21/h5,7-13,20H,1,6,14-18H2,2-4H3/p+1/t20-/m0/s1. The van der Waals surface area contributed by atoms with E-state index in [2.05, 4.69) is 18.7 Å². The Morgan fingerprint density at radius 2 is 1.97 bits per heavy atom. The predicted molar refractivity (Wildman–Crippen MR) is 116 cm³/mol. The van der Waals surface area contributed by atoms with Crippen LogP contribution in [0, 0.1) is 6.92 Å². The van der Waals surface area contributed by atoms with E-state index in [9.17, 15) is 9.59 Å². The lowest BCUT2D eigenvalue weighted by Gasteiger charge is -2.27. The van der Waals surface area contributed by atoms with Crippen LogP contribution < -0.4 is 4.90 Å². The first-order valence-corrected chi connectivity index (χ1v) is 10.4. The largest absolute Gasteiger partial charge is 0.464 e. The van der Waals surface area contributed by atoms with Crippen molar-refractivity contribution in [3.63, 3.8) is 0 Å². The Bertz CT molecular complexity index is 816. The molecule has 1 aromatic heterocycles. The molecule has 6 nitrogen and oxygen atoms in total. The molecule has 0 radical (unpaired) electrons. The van der Waals surface area contributed by atoms with E-state index in [1.807, 2.05) is 37.3 Å². The number of aryl methyl sites for hydroxylation is 1. The van der Waals surface area contributed by atoms with Gasteiger partial charge in [-0.15, -0.1) is 0 Å². The molecule has 0 bridgehead atoms. The number of furan rings is 1. The molecule has 1 aromatic carbocycles. The van der Waals surface area contributed by atoms with Gasteiger partial charge in [0.1, 0.15) is 11.5 Å². The third kappa shape index (κ3) is 7.19. The molecule has 162 valence electrons. The summed E-state index contributed by atoms with van der Waals surface area (Å²) in [6.07, 6.45) is 2.47. The summed E-state index contributed by atoms with van der Waals surface area (Å²) in [6, 6.07) is 13.4. The van der Waals surface area contributed by atoms with Crippen LogP contribution in [0.5, 0.6) is 0 Å². The summed E-state index contributed by atoms with van der Waals surface area (Å²) < 4.78 is 10.8. The first-order chi connectivity index (χ1) is 14.4.